The van der Waals surface area contributed by atoms with Gasteiger partial charge in [0.2, 0.25) is 0 Å². The highest BCUT2D eigenvalue weighted by atomic mass is 16.5. The topological polar surface area (TPSA) is 98.5 Å². The van der Waals surface area contributed by atoms with Gasteiger partial charge in [-0.1, -0.05) is 0 Å². The van der Waals surface area contributed by atoms with Crippen LogP contribution in [0.15, 0.2) is 6.07 Å². The standard InChI is InChI=1S/C10H12N2O5/c1-3-17-10(16)7-4-8(9(14)15)12(11-7)5-6(2)13/h4H,3,5H2,1-2H3,(H,14,15). The first-order valence-corrected chi connectivity index (χ1v) is 4.93. The summed E-state index contributed by atoms with van der Waals surface area (Å²) in [4.78, 5) is 33.1. The zero-order valence-corrected chi connectivity index (χ0v) is 9.47. The number of ether oxygens (including phenoxy) is 1. The molecule has 1 aromatic heterocycles. The van der Waals surface area contributed by atoms with Crippen LogP contribution in [0, 0.1) is 0 Å². The minimum Gasteiger partial charge on any atom is -0.477 e. The zero-order chi connectivity index (χ0) is 13.0. The second-order valence-corrected chi connectivity index (χ2v) is 3.30. The lowest BCUT2D eigenvalue weighted by molar-refractivity contribution is -0.117. The number of aromatic carboxylic acids is 1. The lowest BCUT2D eigenvalue weighted by Gasteiger charge is -2.00. The Bertz CT molecular complexity index is 463. The van der Waals surface area contributed by atoms with Gasteiger partial charge < -0.3 is 9.84 Å². The first-order chi connectivity index (χ1) is 7.95. The van der Waals surface area contributed by atoms with Crippen molar-refractivity contribution in [2.75, 3.05) is 6.61 Å². The zero-order valence-electron chi connectivity index (χ0n) is 9.47. The number of ketones is 1. The van der Waals surface area contributed by atoms with Gasteiger partial charge in [0.15, 0.2) is 11.5 Å². The minimum absolute atomic E-state index is 0.120. The van der Waals surface area contributed by atoms with Crippen LogP contribution in [0.2, 0.25) is 0 Å². The summed E-state index contributed by atoms with van der Waals surface area (Å²) in [5, 5.41) is 12.6. The van der Waals surface area contributed by atoms with Gasteiger partial charge in [0.1, 0.15) is 12.2 Å². The summed E-state index contributed by atoms with van der Waals surface area (Å²) in [5.41, 5.74) is -0.339. The number of hydrogen-bond acceptors (Lipinski definition) is 5. The number of carbonyl (C=O) groups is 3. The van der Waals surface area contributed by atoms with E-state index in [-0.39, 0.29) is 30.3 Å². The molecule has 0 aliphatic heterocycles. The van der Waals surface area contributed by atoms with Crippen LogP contribution in [0.25, 0.3) is 0 Å². The Kier molecular flexibility index (Phi) is 3.97. The van der Waals surface area contributed by atoms with Crippen LogP contribution in [0.1, 0.15) is 34.8 Å². The second kappa shape index (κ2) is 5.24. The fourth-order valence-corrected chi connectivity index (χ4v) is 1.23. The lowest BCUT2D eigenvalue weighted by atomic mass is 10.3. The third-order valence-corrected chi connectivity index (χ3v) is 1.86. The highest BCUT2D eigenvalue weighted by molar-refractivity contribution is 5.92. The monoisotopic (exact) mass is 240 g/mol. The van der Waals surface area contributed by atoms with Crippen molar-refractivity contribution in [2.24, 2.45) is 0 Å². The number of hydrogen-bond donors (Lipinski definition) is 1. The van der Waals surface area contributed by atoms with Crippen LogP contribution in [0.5, 0.6) is 0 Å². The smallest absolute Gasteiger partial charge is 0.358 e. The average molecular weight is 240 g/mol. The van der Waals surface area contributed by atoms with E-state index in [0.717, 1.165) is 10.7 Å². The molecule has 1 N–H and O–H groups in total. The summed E-state index contributed by atoms with van der Waals surface area (Å²) < 4.78 is 5.66. The van der Waals surface area contributed by atoms with Gasteiger partial charge >= 0.3 is 11.9 Å². The van der Waals surface area contributed by atoms with Crippen molar-refractivity contribution < 1.29 is 24.2 Å². The van der Waals surface area contributed by atoms with E-state index >= 15 is 0 Å². The summed E-state index contributed by atoms with van der Waals surface area (Å²) in [6.45, 7) is 2.90. The lowest BCUT2D eigenvalue weighted by Crippen LogP contribution is -2.15. The Labute approximate surface area is 97.0 Å². The Morgan fingerprint density at radius 2 is 2.12 bits per heavy atom. The second-order valence-electron chi connectivity index (χ2n) is 3.30. The quantitative estimate of drug-likeness (QED) is 0.745. The van der Waals surface area contributed by atoms with Gasteiger partial charge in [-0.2, -0.15) is 5.10 Å². The number of rotatable bonds is 5. The fourth-order valence-electron chi connectivity index (χ4n) is 1.23. The van der Waals surface area contributed by atoms with Crippen molar-refractivity contribution in [3.05, 3.63) is 17.5 Å². The molecule has 0 unspecified atom stereocenters. The molecule has 0 amide bonds. The van der Waals surface area contributed by atoms with Crippen molar-refractivity contribution in [3.8, 4) is 0 Å². The van der Waals surface area contributed by atoms with E-state index < -0.39 is 11.9 Å². The molecule has 0 atom stereocenters. The van der Waals surface area contributed by atoms with Crippen molar-refractivity contribution in [3.63, 3.8) is 0 Å². The molecule has 0 aliphatic rings. The van der Waals surface area contributed by atoms with E-state index in [1.165, 1.54) is 6.92 Å². The molecule has 1 aromatic rings. The van der Waals surface area contributed by atoms with E-state index in [1.807, 2.05) is 0 Å². The summed E-state index contributed by atoms with van der Waals surface area (Å²) in [5.74, 6) is -2.22. The molecule has 0 saturated heterocycles. The number of carboxylic acid groups (broad SMARTS) is 1. The molecule has 7 nitrogen and oxygen atoms in total. The van der Waals surface area contributed by atoms with Crippen LogP contribution < -0.4 is 0 Å². The van der Waals surface area contributed by atoms with Gasteiger partial charge in [0, 0.05) is 6.07 Å². The summed E-state index contributed by atoms with van der Waals surface area (Å²) in [7, 11) is 0. The van der Waals surface area contributed by atoms with Gasteiger partial charge in [-0.05, 0) is 13.8 Å². The average Bonchev–Trinajstić information content (AvgIpc) is 2.61. The Balaban J connectivity index is 3.07. The molecule has 0 saturated carbocycles. The number of carbonyl (C=O) groups excluding carboxylic acids is 2. The van der Waals surface area contributed by atoms with Crippen LogP contribution in [0.3, 0.4) is 0 Å². The van der Waals surface area contributed by atoms with Gasteiger partial charge in [-0.15, -0.1) is 0 Å². The molecular weight excluding hydrogens is 228 g/mol. The summed E-state index contributed by atoms with van der Waals surface area (Å²) in [6, 6.07) is 1.09. The van der Waals surface area contributed by atoms with E-state index in [9.17, 15) is 14.4 Å². The third kappa shape index (κ3) is 3.13. The largest absolute Gasteiger partial charge is 0.477 e. The maximum Gasteiger partial charge on any atom is 0.358 e. The van der Waals surface area contributed by atoms with Crippen molar-refractivity contribution in [2.45, 2.75) is 20.4 Å². The van der Waals surface area contributed by atoms with Gasteiger partial charge in [-0.3, -0.25) is 4.79 Å². The molecule has 7 heteroatoms. The Hall–Kier alpha value is -2.18. The molecule has 0 spiro atoms. The highest BCUT2D eigenvalue weighted by Gasteiger charge is 2.19. The van der Waals surface area contributed by atoms with Gasteiger partial charge in [-0.25, -0.2) is 14.3 Å². The third-order valence-electron chi connectivity index (χ3n) is 1.86. The van der Waals surface area contributed by atoms with Crippen LogP contribution in [-0.2, 0) is 16.1 Å². The summed E-state index contributed by atoms with van der Waals surface area (Å²) >= 11 is 0. The molecule has 0 bridgehead atoms. The number of Topliss-reactive ketones (excluding diaryl/α,β-unsaturated/α-hetero) is 1. The summed E-state index contributed by atoms with van der Waals surface area (Å²) in [6.07, 6.45) is 0. The maximum absolute atomic E-state index is 11.3. The molecule has 1 rings (SSSR count). The number of nitrogens with zero attached hydrogens (tertiary/aromatic N) is 2. The minimum atomic E-state index is -1.26. The predicted octanol–water partition coefficient (Wildman–Crippen LogP) is 0.347. The van der Waals surface area contributed by atoms with Crippen LogP contribution in [-0.4, -0.2) is 39.2 Å². The molecule has 0 aliphatic carbocycles. The molecule has 0 fully saturated rings. The predicted molar refractivity (Wildman–Crippen MR) is 55.8 cm³/mol. The first-order valence-electron chi connectivity index (χ1n) is 4.93. The molecule has 92 valence electrons. The van der Waals surface area contributed by atoms with Crippen LogP contribution in [0.4, 0.5) is 0 Å². The van der Waals surface area contributed by atoms with E-state index in [4.69, 9.17) is 5.11 Å². The fraction of sp³-hybridized carbons (Fsp3) is 0.400. The van der Waals surface area contributed by atoms with Crippen molar-refractivity contribution in [1.82, 2.24) is 9.78 Å². The molecule has 17 heavy (non-hydrogen) atoms. The number of carboxylic acids is 1. The maximum atomic E-state index is 11.3. The molecule has 0 aromatic carbocycles. The highest BCUT2D eigenvalue weighted by Crippen LogP contribution is 2.06. The molecule has 0 radical (unpaired) electrons. The van der Waals surface area contributed by atoms with Crippen molar-refractivity contribution >= 4 is 17.7 Å². The molecule has 1 heterocycles. The SMILES string of the molecule is CCOC(=O)c1cc(C(=O)O)n(CC(C)=O)n1. The Morgan fingerprint density at radius 3 is 2.59 bits per heavy atom. The normalized spacial score (nSPS) is 10.0. The van der Waals surface area contributed by atoms with Gasteiger partial charge in [0.25, 0.3) is 0 Å². The molecular formula is C10H12N2O5. The van der Waals surface area contributed by atoms with Crippen LogP contribution >= 0.6 is 0 Å². The van der Waals surface area contributed by atoms with E-state index in [2.05, 4.69) is 9.84 Å². The van der Waals surface area contributed by atoms with Gasteiger partial charge in [0.05, 0.1) is 6.61 Å². The number of aromatic nitrogens is 2. The van der Waals surface area contributed by atoms with E-state index in [0.29, 0.717) is 0 Å². The van der Waals surface area contributed by atoms with E-state index in [1.54, 1.807) is 6.92 Å². The Morgan fingerprint density at radius 1 is 1.47 bits per heavy atom. The number of esters is 1. The van der Waals surface area contributed by atoms with Crippen molar-refractivity contribution in [1.29, 1.82) is 0 Å². The first kappa shape index (κ1) is 12.9.